The van der Waals surface area contributed by atoms with Crippen molar-refractivity contribution < 1.29 is 9.13 Å². The van der Waals surface area contributed by atoms with Crippen LogP contribution in [0.5, 0.6) is 0 Å². The predicted octanol–water partition coefficient (Wildman–Crippen LogP) is 2.38. The molecule has 0 heterocycles. The zero-order chi connectivity index (χ0) is 11.4. The minimum Gasteiger partial charge on any atom is -0.380 e. The zero-order valence-corrected chi connectivity index (χ0v) is 9.59. The summed E-state index contributed by atoms with van der Waals surface area (Å²) in [5.41, 5.74) is 6.80. The van der Waals surface area contributed by atoms with Crippen LogP contribution >= 0.6 is 11.6 Å². The van der Waals surface area contributed by atoms with E-state index in [-0.39, 0.29) is 17.2 Å². The molecule has 1 rings (SSSR count). The third kappa shape index (κ3) is 3.45. The van der Waals surface area contributed by atoms with Crippen molar-refractivity contribution in [3.05, 3.63) is 34.6 Å². The van der Waals surface area contributed by atoms with E-state index in [1.165, 1.54) is 6.07 Å². The Morgan fingerprint density at radius 3 is 2.73 bits per heavy atom. The lowest BCUT2D eigenvalue weighted by molar-refractivity contribution is 0.0956. The van der Waals surface area contributed by atoms with Crippen molar-refractivity contribution in [1.29, 1.82) is 0 Å². The lowest BCUT2D eigenvalue weighted by atomic mass is 10.0. The lowest BCUT2D eigenvalue weighted by Crippen LogP contribution is -2.35. The van der Waals surface area contributed by atoms with Crippen LogP contribution in [0.25, 0.3) is 0 Å². The van der Waals surface area contributed by atoms with Gasteiger partial charge in [-0.3, -0.25) is 0 Å². The minimum atomic E-state index is -0.409. The second-order valence-electron chi connectivity index (χ2n) is 3.56. The van der Waals surface area contributed by atoms with Gasteiger partial charge < -0.3 is 10.5 Å². The van der Waals surface area contributed by atoms with Gasteiger partial charge in [0.15, 0.2) is 0 Å². The van der Waals surface area contributed by atoms with Gasteiger partial charge >= 0.3 is 0 Å². The highest BCUT2D eigenvalue weighted by Crippen LogP contribution is 2.17. The quantitative estimate of drug-likeness (QED) is 0.864. The summed E-state index contributed by atoms with van der Waals surface area (Å²) in [6.07, 6.45) is 0.587. The van der Waals surface area contributed by atoms with E-state index < -0.39 is 5.82 Å². The molecule has 4 heteroatoms. The van der Waals surface area contributed by atoms with Crippen molar-refractivity contribution in [2.45, 2.75) is 25.5 Å². The van der Waals surface area contributed by atoms with E-state index in [9.17, 15) is 4.39 Å². The molecule has 2 atom stereocenters. The van der Waals surface area contributed by atoms with E-state index >= 15 is 0 Å². The molecule has 2 nitrogen and oxygen atoms in total. The van der Waals surface area contributed by atoms with Gasteiger partial charge in [0.05, 0.1) is 11.1 Å². The van der Waals surface area contributed by atoms with Crippen molar-refractivity contribution in [1.82, 2.24) is 0 Å². The van der Waals surface area contributed by atoms with Gasteiger partial charge in [0.25, 0.3) is 0 Å². The molecule has 84 valence electrons. The fraction of sp³-hybridized carbons (Fsp3) is 0.455. The van der Waals surface area contributed by atoms with Crippen LogP contribution in [0.1, 0.15) is 12.5 Å². The van der Waals surface area contributed by atoms with E-state index in [0.29, 0.717) is 6.42 Å². The fourth-order valence-electron chi connectivity index (χ4n) is 1.28. The molecule has 0 fully saturated rings. The summed E-state index contributed by atoms with van der Waals surface area (Å²) in [4.78, 5) is 0. The summed E-state index contributed by atoms with van der Waals surface area (Å²) in [6.45, 7) is 1.90. The number of hydrogen-bond acceptors (Lipinski definition) is 2. The Labute approximate surface area is 94.2 Å². The maximum Gasteiger partial charge on any atom is 0.141 e. The van der Waals surface area contributed by atoms with E-state index in [1.54, 1.807) is 19.2 Å². The highest BCUT2D eigenvalue weighted by atomic mass is 35.5. The van der Waals surface area contributed by atoms with Gasteiger partial charge in [0.1, 0.15) is 5.82 Å². The fourth-order valence-corrected chi connectivity index (χ4v) is 1.48. The van der Waals surface area contributed by atoms with Crippen molar-refractivity contribution in [3.8, 4) is 0 Å². The Morgan fingerprint density at radius 1 is 1.53 bits per heavy atom. The molecule has 0 aliphatic heterocycles. The molecule has 0 bridgehead atoms. The van der Waals surface area contributed by atoms with E-state index in [4.69, 9.17) is 22.1 Å². The Hall–Kier alpha value is -0.640. The zero-order valence-electron chi connectivity index (χ0n) is 8.84. The SMILES string of the molecule is COC(C)C(N)Cc1ccc(F)c(Cl)c1. The van der Waals surface area contributed by atoms with Gasteiger partial charge in [-0.15, -0.1) is 0 Å². The summed E-state index contributed by atoms with van der Waals surface area (Å²) in [5.74, 6) is -0.409. The minimum absolute atomic E-state index is 0.0335. The van der Waals surface area contributed by atoms with E-state index in [0.717, 1.165) is 5.56 Å². The number of rotatable bonds is 4. The predicted molar refractivity (Wildman–Crippen MR) is 59.6 cm³/mol. The first-order valence-electron chi connectivity index (χ1n) is 4.77. The van der Waals surface area contributed by atoms with Gasteiger partial charge in [-0.1, -0.05) is 17.7 Å². The van der Waals surface area contributed by atoms with Gasteiger partial charge in [-0.05, 0) is 31.0 Å². The van der Waals surface area contributed by atoms with Crippen LogP contribution < -0.4 is 5.73 Å². The Kier molecular flexibility index (Phi) is 4.51. The van der Waals surface area contributed by atoms with Crippen LogP contribution in [0.2, 0.25) is 5.02 Å². The van der Waals surface area contributed by atoms with Gasteiger partial charge in [0, 0.05) is 13.2 Å². The first-order chi connectivity index (χ1) is 7.04. The third-order valence-corrected chi connectivity index (χ3v) is 2.72. The first-order valence-corrected chi connectivity index (χ1v) is 5.14. The molecule has 0 saturated heterocycles. The first kappa shape index (κ1) is 12.4. The monoisotopic (exact) mass is 231 g/mol. The van der Waals surface area contributed by atoms with Gasteiger partial charge in [-0.2, -0.15) is 0 Å². The lowest BCUT2D eigenvalue weighted by Gasteiger charge is -2.18. The Bertz CT molecular complexity index is 332. The smallest absolute Gasteiger partial charge is 0.141 e. The van der Waals surface area contributed by atoms with Crippen molar-refractivity contribution >= 4 is 11.6 Å². The molecule has 2 N–H and O–H groups in total. The molecule has 0 radical (unpaired) electrons. The largest absolute Gasteiger partial charge is 0.380 e. The Morgan fingerprint density at radius 2 is 2.20 bits per heavy atom. The van der Waals surface area contributed by atoms with Crippen molar-refractivity contribution in [2.24, 2.45) is 5.73 Å². The van der Waals surface area contributed by atoms with Crippen molar-refractivity contribution in [3.63, 3.8) is 0 Å². The van der Waals surface area contributed by atoms with E-state index in [1.807, 2.05) is 6.92 Å². The number of halogens is 2. The second-order valence-corrected chi connectivity index (χ2v) is 3.96. The normalized spacial score (nSPS) is 15.0. The molecule has 15 heavy (non-hydrogen) atoms. The van der Waals surface area contributed by atoms with Crippen LogP contribution in [-0.2, 0) is 11.2 Å². The third-order valence-electron chi connectivity index (χ3n) is 2.43. The summed E-state index contributed by atoms with van der Waals surface area (Å²) < 4.78 is 18.0. The molecule has 0 spiro atoms. The standard InChI is InChI=1S/C11H15ClFNO/c1-7(15-2)11(14)6-8-3-4-10(13)9(12)5-8/h3-5,7,11H,6,14H2,1-2H3. The molecule has 0 amide bonds. The van der Waals surface area contributed by atoms with Crippen LogP contribution in [0, 0.1) is 5.82 Å². The van der Waals surface area contributed by atoms with Gasteiger partial charge in [0.2, 0.25) is 0 Å². The number of methoxy groups -OCH3 is 1. The maximum absolute atomic E-state index is 12.9. The average Bonchev–Trinajstić information content (AvgIpc) is 2.22. The number of hydrogen-bond donors (Lipinski definition) is 1. The molecule has 0 saturated carbocycles. The molecule has 0 aliphatic carbocycles. The topological polar surface area (TPSA) is 35.2 Å². The summed E-state index contributed by atoms with van der Waals surface area (Å²) in [5, 5.41) is 0.129. The molecule has 0 aliphatic rings. The highest BCUT2D eigenvalue weighted by molar-refractivity contribution is 6.30. The Balaban J connectivity index is 2.68. The van der Waals surface area contributed by atoms with E-state index in [2.05, 4.69) is 0 Å². The number of nitrogens with two attached hydrogens (primary N) is 1. The molecule has 0 aromatic heterocycles. The molecule has 2 unspecified atom stereocenters. The van der Waals surface area contributed by atoms with Crippen molar-refractivity contribution in [2.75, 3.05) is 7.11 Å². The summed E-state index contributed by atoms with van der Waals surface area (Å²) in [6, 6.07) is 4.52. The average molecular weight is 232 g/mol. The molecular formula is C11H15ClFNO. The van der Waals surface area contributed by atoms with Crippen LogP contribution in [0.3, 0.4) is 0 Å². The van der Waals surface area contributed by atoms with Crippen LogP contribution in [0.4, 0.5) is 4.39 Å². The number of ether oxygens (including phenoxy) is 1. The molecule has 1 aromatic carbocycles. The van der Waals surface area contributed by atoms with Crippen LogP contribution in [0.15, 0.2) is 18.2 Å². The highest BCUT2D eigenvalue weighted by Gasteiger charge is 2.13. The second kappa shape index (κ2) is 5.45. The van der Waals surface area contributed by atoms with Crippen LogP contribution in [-0.4, -0.2) is 19.3 Å². The molecule has 1 aromatic rings. The maximum atomic E-state index is 12.9. The number of benzene rings is 1. The summed E-state index contributed by atoms with van der Waals surface area (Å²) in [7, 11) is 1.61. The molecular weight excluding hydrogens is 217 g/mol. The summed E-state index contributed by atoms with van der Waals surface area (Å²) >= 11 is 5.66. The van der Waals surface area contributed by atoms with Gasteiger partial charge in [-0.25, -0.2) is 4.39 Å².